The molecule has 134 valence electrons. The van der Waals surface area contributed by atoms with Crippen molar-refractivity contribution in [1.29, 1.82) is 0 Å². The zero-order valence-electron chi connectivity index (χ0n) is 13.7. The van der Waals surface area contributed by atoms with Crippen molar-refractivity contribution in [3.05, 3.63) is 34.1 Å². The molecule has 9 heteroatoms. The molecular formula is C16H18Cl2N4O2S. The van der Waals surface area contributed by atoms with Gasteiger partial charge in [-0.1, -0.05) is 35.0 Å². The van der Waals surface area contributed by atoms with Crippen LogP contribution in [0.1, 0.15) is 25.6 Å². The van der Waals surface area contributed by atoms with Crippen molar-refractivity contribution >= 4 is 40.9 Å². The number of amides is 1. The standard InChI is InChI=1S/C16H18Cl2N4O2S/c1-2-22-14(8-24-13-7-10(17)3-6-12(13)18)20-21-16(22)25-9-15(23)19-11-4-5-11/h3,6-7,11H,2,4-5,8-9H2,1H3,(H,19,23). The monoisotopic (exact) mass is 400 g/mol. The number of nitrogens with zero attached hydrogens (tertiary/aromatic N) is 3. The Hall–Kier alpha value is -1.44. The number of hydrogen-bond acceptors (Lipinski definition) is 5. The number of nitrogens with one attached hydrogen (secondary N) is 1. The minimum absolute atomic E-state index is 0.0293. The molecule has 2 aromatic rings. The van der Waals surface area contributed by atoms with Crippen LogP contribution in [0.2, 0.25) is 10.0 Å². The van der Waals surface area contributed by atoms with Crippen LogP contribution < -0.4 is 10.1 Å². The summed E-state index contributed by atoms with van der Waals surface area (Å²) >= 11 is 13.4. The van der Waals surface area contributed by atoms with Gasteiger partial charge in [0.05, 0.1) is 10.8 Å². The molecule has 1 saturated carbocycles. The summed E-state index contributed by atoms with van der Waals surface area (Å²) < 4.78 is 7.64. The molecule has 1 amide bonds. The second kappa shape index (κ2) is 8.29. The van der Waals surface area contributed by atoms with Crippen molar-refractivity contribution < 1.29 is 9.53 Å². The summed E-state index contributed by atoms with van der Waals surface area (Å²) in [5.41, 5.74) is 0. The van der Waals surface area contributed by atoms with E-state index in [0.717, 1.165) is 12.8 Å². The van der Waals surface area contributed by atoms with Gasteiger partial charge in [0.25, 0.3) is 0 Å². The molecule has 1 fully saturated rings. The first kappa shape index (κ1) is 18.4. The van der Waals surface area contributed by atoms with Gasteiger partial charge < -0.3 is 14.6 Å². The van der Waals surface area contributed by atoms with E-state index in [4.69, 9.17) is 27.9 Å². The molecule has 0 radical (unpaired) electrons. The molecule has 1 heterocycles. The number of aromatic nitrogens is 3. The molecule has 0 unspecified atom stereocenters. The number of carbonyl (C=O) groups is 1. The first-order valence-corrected chi connectivity index (χ1v) is 9.73. The highest BCUT2D eigenvalue weighted by Crippen LogP contribution is 2.28. The number of hydrogen-bond donors (Lipinski definition) is 1. The zero-order chi connectivity index (χ0) is 17.8. The van der Waals surface area contributed by atoms with Crippen molar-refractivity contribution in [2.45, 2.75) is 44.1 Å². The Balaban J connectivity index is 1.60. The lowest BCUT2D eigenvalue weighted by atomic mass is 10.3. The maximum atomic E-state index is 11.8. The first-order valence-electron chi connectivity index (χ1n) is 7.99. The summed E-state index contributed by atoms with van der Waals surface area (Å²) in [6.07, 6.45) is 2.16. The zero-order valence-corrected chi connectivity index (χ0v) is 16.0. The predicted octanol–water partition coefficient (Wildman–Crippen LogP) is 3.55. The summed E-state index contributed by atoms with van der Waals surface area (Å²) in [7, 11) is 0. The minimum Gasteiger partial charge on any atom is -0.484 e. The predicted molar refractivity (Wildman–Crippen MR) is 98.4 cm³/mol. The van der Waals surface area contributed by atoms with E-state index in [0.29, 0.717) is 45.1 Å². The summed E-state index contributed by atoms with van der Waals surface area (Å²) in [6, 6.07) is 5.41. The molecule has 1 aromatic heterocycles. The van der Waals surface area contributed by atoms with Crippen LogP contribution in [0, 0.1) is 0 Å². The highest BCUT2D eigenvalue weighted by atomic mass is 35.5. The summed E-state index contributed by atoms with van der Waals surface area (Å²) in [5, 5.41) is 13.0. The van der Waals surface area contributed by atoms with Gasteiger partial charge in [0.15, 0.2) is 11.0 Å². The number of thioether (sulfide) groups is 1. The van der Waals surface area contributed by atoms with E-state index in [-0.39, 0.29) is 12.5 Å². The summed E-state index contributed by atoms with van der Waals surface area (Å²) in [5.74, 6) is 1.53. The Kier molecular flexibility index (Phi) is 6.09. The Morgan fingerprint density at radius 1 is 1.40 bits per heavy atom. The van der Waals surface area contributed by atoms with Gasteiger partial charge in [0.2, 0.25) is 5.91 Å². The van der Waals surface area contributed by atoms with E-state index in [9.17, 15) is 4.79 Å². The fourth-order valence-corrected chi connectivity index (χ4v) is 3.37. The lowest BCUT2D eigenvalue weighted by molar-refractivity contribution is -0.118. The fourth-order valence-electron chi connectivity index (χ4n) is 2.21. The molecule has 0 atom stereocenters. The Bertz CT molecular complexity index is 765. The maximum absolute atomic E-state index is 11.8. The van der Waals surface area contributed by atoms with E-state index in [2.05, 4.69) is 15.5 Å². The maximum Gasteiger partial charge on any atom is 0.230 e. The molecule has 1 aliphatic carbocycles. The molecule has 1 aliphatic rings. The van der Waals surface area contributed by atoms with Crippen molar-refractivity contribution in [1.82, 2.24) is 20.1 Å². The lowest BCUT2D eigenvalue weighted by Gasteiger charge is -2.10. The van der Waals surface area contributed by atoms with Crippen LogP contribution in [0.25, 0.3) is 0 Å². The first-order chi connectivity index (χ1) is 12.1. The average Bonchev–Trinajstić information content (AvgIpc) is 3.31. The third kappa shape index (κ3) is 5.03. The SMILES string of the molecule is CCn1c(COc2cc(Cl)ccc2Cl)nnc1SCC(=O)NC1CC1. The normalized spacial score (nSPS) is 13.7. The van der Waals surface area contributed by atoms with Crippen molar-refractivity contribution in [2.75, 3.05) is 5.75 Å². The molecule has 1 aromatic carbocycles. The number of carbonyl (C=O) groups excluding carboxylic acids is 1. The lowest BCUT2D eigenvalue weighted by Crippen LogP contribution is -2.27. The van der Waals surface area contributed by atoms with E-state index < -0.39 is 0 Å². The van der Waals surface area contributed by atoms with Crippen LogP contribution >= 0.6 is 35.0 Å². The van der Waals surface area contributed by atoms with E-state index in [1.807, 2.05) is 11.5 Å². The van der Waals surface area contributed by atoms with Crippen LogP contribution in [0.5, 0.6) is 5.75 Å². The van der Waals surface area contributed by atoms with E-state index in [1.54, 1.807) is 18.2 Å². The van der Waals surface area contributed by atoms with Gasteiger partial charge in [0, 0.05) is 23.7 Å². The topological polar surface area (TPSA) is 69.0 Å². The highest BCUT2D eigenvalue weighted by molar-refractivity contribution is 7.99. The van der Waals surface area contributed by atoms with Gasteiger partial charge in [-0.05, 0) is 31.9 Å². The van der Waals surface area contributed by atoms with Gasteiger partial charge in [-0.2, -0.15) is 0 Å². The fraction of sp³-hybridized carbons (Fsp3) is 0.438. The Morgan fingerprint density at radius 2 is 2.20 bits per heavy atom. The highest BCUT2D eigenvalue weighted by Gasteiger charge is 2.23. The smallest absolute Gasteiger partial charge is 0.230 e. The molecular weight excluding hydrogens is 383 g/mol. The minimum atomic E-state index is 0.0293. The van der Waals surface area contributed by atoms with Crippen LogP contribution in [-0.2, 0) is 17.9 Å². The van der Waals surface area contributed by atoms with Crippen molar-refractivity contribution in [3.63, 3.8) is 0 Å². The molecule has 6 nitrogen and oxygen atoms in total. The number of halogens is 2. The van der Waals surface area contributed by atoms with Gasteiger partial charge >= 0.3 is 0 Å². The molecule has 0 saturated heterocycles. The molecule has 3 rings (SSSR count). The third-order valence-electron chi connectivity index (χ3n) is 3.63. The molecule has 25 heavy (non-hydrogen) atoms. The summed E-state index contributed by atoms with van der Waals surface area (Å²) in [4.78, 5) is 11.8. The van der Waals surface area contributed by atoms with Gasteiger partial charge in [-0.15, -0.1) is 10.2 Å². The molecule has 1 N–H and O–H groups in total. The number of rotatable bonds is 8. The Labute approximate surface area is 160 Å². The molecule has 0 aliphatic heterocycles. The van der Waals surface area contributed by atoms with E-state index in [1.165, 1.54) is 11.8 Å². The molecule has 0 bridgehead atoms. The van der Waals surface area contributed by atoms with Crippen LogP contribution in [-0.4, -0.2) is 32.5 Å². The van der Waals surface area contributed by atoms with Gasteiger partial charge in [-0.3, -0.25) is 4.79 Å². The van der Waals surface area contributed by atoms with Gasteiger partial charge in [0.1, 0.15) is 12.4 Å². The van der Waals surface area contributed by atoms with Crippen LogP contribution in [0.4, 0.5) is 0 Å². The summed E-state index contributed by atoms with van der Waals surface area (Å²) in [6.45, 7) is 2.89. The second-order valence-corrected chi connectivity index (χ2v) is 7.42. The number of benzene rings is 1. The number of ether oxygens (including phenoxy) is 1. The molecule has 0 spiro atoms. The van der Waals surface area contributed by atoms with E-state index >= 15 is 0 Å². The van der Waals surface area contributed by atoms with Crippen LogP contribution in [0.3, 0.4) is 0 Å². The third-order valence-corrected chi connectivity index (χ3v) is 5.15. The largest absolute Gasteiger partial charge is 0.484 e. The van der Waals surface area contributed by atoms with Crippen molar-refractivity contribution in [3.8, 4) is 5.75 Å². The average molecular weight is 401 g/mol. The van der Waals surface area contributed by atoms with Gasteiger partial charge in [-0.25, -0.2) is 0 Å². The Morgan fingerprint density at radius 3 is 2.92 bits per heavy atom. The second-order valence-electron chi connectivity index (χ2n) is 5.64. The van der Waals surface area contributed by atoms with Crippen molar-refractivity contribution in [2.24, 2.45) is 0 Å². The quantitative estimate of drug-likeness (QED) is 0.686. The van der Waals surface area contributed by atoms with Crippen LogP contribution in [0.15, 0.2) is 23.4 Å².